The topological polar surface area (TPSA) is 91.6 Å². The van der Waals surface area contributed by atoms with Crippen molar-refractivity contribution in [2.75, 3.05) is 7.11 Å². The molecule has 0 aliphatic carbocycles. The van der Waals surface area contributed by atoms with Crippen LogP contribution in [-0.2, 0) is 4.74 Å². The maximum absolute atomic E-state index is 11.4. The molecule has 1 heterocycles. The summed E-state index contributed by atoms with van der Waals surface area (Å²) in [6.45, 7) is 0. The summed E-state index contributed by atoms with van der Waals surface area (Å²) in [4.78, 5) is 25.5. The molecule has 1 aromatic carbocycles. The average molecular weight is 274 g/mol. The lowest BCUT2D eigenvalue weighted by Gasteiger charge is -2.06. The summed E-state index contributed by atoms with van der Waals surface area (Å²) in [6.07, 6.45) is 1.38. The van der Waals surface area contributed by atoms with Crippen molar-refractivity contribution in [3.05, 3.63) is 58.3 Å². The summed E-state index contributed by atoms with van der Waals surface area (Å²) in [5.74, 6) is -0.403. The van der Waals surface area contributed by atoms with Gasteiger partial charge in [-0.1, -0.05) is 6.07 Å². The highest BCUT2D eigenvalue weighted by Gasteiger charge is 2.17. The third kappa shape index (κ3) is 2.89. The van der Waals surface area contributed by atoms with Crippen molar-refractivity contribution in [1.29, 1.82) is 0 Å². The van der Waals surface area contributed by atoms with Crippen LogP contribution in [0.5, 0.6) is 11.6 Å². The molecule has 0 aliphatic rings. The van der Waals surface area contributed by atoms with Crippen LogP contribution in [0, 0.1) is 10.1 Å². The van der Waals surface area contributed by atoms with Crippen LogP contribution < -0.4 is 4.74 Å². The minimum absolute atomic E-state index is 0.139. The van der Waals surface area contributed by atoms with E-state index in [4.69, 9.17) is 4.74 Å². The van der Waals surface area contributed by atoms with Crippen LogP contribution in [-0.4, -0.2) is 23.0 Å². The zero-order valence-corrected chi connectivity index (χ0v) is 10.5. The third-order valence-corrected chi connectivity index (χ3v) is 2.42. The minimum Gasteiger partial charge on any atom is -0.465 e. The van der Waals surface area contributed by atoms with Crippen LogP contribution in [0.25, 0.3) is 0 Å². The molecule has 0 aliphatic heterocycles. The molecule has 0 amide bonds. The zero-order chi connectivity index (χ0) is 14.5. The van der Waals surface area contributed by atoms with E-state index >= 15 is 0 Å². The lowest BCUT2D eigenvalue weighted by Crippen LogP contribution is -2.01. The number of nitrogens with zero attached hydrogens (tertiary/aromatic N) is 2. The largest absolute Gasteiger partial charge is 0.465 e. The SMILES string of the molecule is COC(=O)c1cccc(Oc2ncccc2[N+](=O)[O-])c1. The molecule has 102 valence electrons. The van der Waals surface area contributed by atoms with Crippen molar-refractivity contribution in [2.45, 2.75) is 0 Å². The summed E-state index contributed by atoms with van der Waals surface area (Å²) in [6, 6.07) is 8.83. The molecule has 0 unspecified atom stereocenters. The molecule has 0 radical (unpaired) electrons. The Morgan fingerprint density at radius 1 is 1.30 bits per heavy atom. The monoisotopic (exact) mass is 274 g/mol. The van der Waals surface area contributed by atoms with E-state index in [-0.39, 0.29) is 22.9 Å². The van der Waals surface area contributed by atoms with E-state index in [0.717, 1.165) is 0 Å². The minimum atomic E-state index is -0.591. The number of aromatic nitrogens is 1. The van der Waals surface area contributed by atoms with Crippen LogP contribution in [0.1, 0.15) is 10.4 Å². The summed E-state index contributed by atoms with van der Waals surface area (Å²) >= 11 is 0. The Kier molecular flexibility index (Phi) is 3.90. The Morgan fingerprint density at radius 3 is 2.80 bits per heavy atom. The van der Waals surface area contributed by atoms with Gasteiger partial charge in [-0.25, -0.2) is 9.78 Å². The van der Waals surface area contributed by atoms with Gasteiger partial charge in [0.15, 0.2) is 0 Å². The second-order valence-corrected chi connectivity index (χ2v) is 3.71. The lowest BCUT2D eigenvalue weighted by atomic mass is 10.2. The number of hydrogen-bond donors (Lipinski definition) is 0. The second-order valence-electron chi connectivity index (χ2n) is 3.71. The highest BCUT2D eigenvalue weighted by atomic mass is 16.6. The number of hydrogen-bond acceptors (Lipinski definition) is 6. The van der Waals surface area contributed by atoms with Crippen LogP contribution in [0.2, 0.25) is 0 Å². The summed E-state index contributed by atoms with van der Waals surface area (Å²) < 4.78 is 9.93. The number of carbonyl (C=O) groups excluding carboxylic acids is 1. The molecule has 0 spiro atoms. The Hall–Kier alpha value is -2.96. The molecule has 0 saturated heterocycles. The van der Waals surface area contributed by atoms with Gasteiger partial charge in [-0.2, -0.15) is 0 Å². The Labute approximate surface area is 113 Å². The average Bonchev–Trinajstić information content (AvgIpc) is 2.47. The first-order valence-corrected chi connectivity index (χ1v) is 5.57. The molecule has 0 saturated carbocycles. The van der Waals surface area contributed by atoms with Gasteiger partial charge in [-0.05, 0) is 24.3 Å². The van der Waals surface area contributed by atoms with Crippen molar-refractivity contribution in [3.63, 3.8) is 0 Å². The Morgan fingerprint density at radius 2 is 2.10 bits per heavy atom. The number of methoxy groups -OCH3 is 1. The first-order chi connectivity index (χ1) is 9.61. The summed E-state index contributed by atoms with van der Waals surface area (Å²) in [5, 5.41) is 10.8. The van der Waals surface area contributed by atoms with Gasteiger partial charge in [0.25, 0.3) is 5.88 Å². The fourth-order valence-electron chi connectivity index (χ4n) is 1.52. The van der Waals surface area contributed by atoms with Crippen molar-refractivity contribution >= 4 is 11.7 Å². The summed E-state index contributed by atoms with van der Waals surface area (Å²) in [7, 11) is 1.26. The number of rotatable bonds is 4. The van der Waals surface area contributed by atoms with Gasteiger partial charge in [0, 0.05) is 12.3 Å². The summed E-state index contributed by atoms with van der Waals surface area (Å²) in [5.41, 5.74) is 0.0274. The molecule has 7 nitrogen and oxygen atoms in total. The van der Waals surface area contributed by atoms with Gasteiger partial charge in [-0.3, -0.25) is 10.1 Å². The number of pyridine rings is 1. The van der Waals surface area contributed by atoms with E-state index in [1.54, 1.807) is 18.2 Å². The lowest BCUT2D eigenvalue weighted by molar-refractivity contribution is -0.386. The van der Waals surface area contributed by atoms with Gasteiger partial charge in [0.05, 0.1) is 17.6 Å². The molecule has 0 atom stereocenters. The highest BCUT2D eigenvalue weighted by Crippen LogP contribution is 2.28. The fraction of sp³-hybridized carbons (Fsp3) is 0.0769. The molecule has 0 N–H and O–H groups in total. The first kappa shape index (κ1) is 13.5. The van der Waals surface area contributed by atoms with Crippen LogP contribution in [0.3, 0.4) is 0 Å². The van der Waals surface area contributed by atoms with E-state index in [2.05, 4.69) is 9.72 Å². The van der Waals surface area contributed by atoms with Gasteiger partial charge in [-0.15, -0.1) is 0 Å². The molecular formula is C13H10N2O5. The molecule has 0 fully saturated rings. The standard InChI is InChI=1S/C13H10N2O5/c1-19-13(16)9-4-2-5-10(8-9)20-12-11(15(17)18)6-3-7-14-12/h2-8H,1H3. The van der Waals surface area contributed by atoms with Crippen molar-refractivity contribution in [2.24, 2.45) is 0 Å². The molecule has 2 rings (SSSR count). The van der Waals surface area contributed by atoms with E-state index in [9.17, 15) is 14.9 Å². The quantitative estimate of drug-likeness (QED) is 0.483. The van der Waals surface area contributed by atoms with Crippen LogP contribution in [0.4, 0.5) is 5.69 Å². The van der Waals surface area contributed by atoms with Gasteiger partial charge >= 0.3 is 11.7 Å². The third-order valence-electron chi connectivity index (χ3n) is 2.42. The van der Waals surface area contributed by atoms with E-state index in [0.29, 0.717) is 0 Å². The predicted molar refractivity (Wildman–Crippen MR) is 68.7 cm³/mol. The molecule has 7 heteroatoms. The molecular weight excluding hydrogens is 264 g/mol. The van der Waals surface area contributed by atoms with E-state index in [1.807, 2.05) is 0 Å². The Balaban J connectivity index is 2.31. The normalized spacial score (nSPS) is 9.85. The number of carbonyl (C=O) groups is 1. The molecule has 0 bridgehead atoms. The van der Waals surface area contributed by atoms with E-state index < -0.39 is 10.9 Å². The van der Waals surface area contributed by atoms with Gasteiger partial charge < -0.3 is 9.47 Å². The number of esters is 1. The second kappa shape index (κ2) is 5.79. The Bertz CT molecular complexity index is 657. The maximum Gasteiger partial charge on any atom is 0.337 e. The zero-order valence-electron chi connectivity index (χ0n) is 10.5. The first-order valence-electron chi connectivity index (χ1n) is 5.57. The van der Waals surface area contributed by atoms with Crippen LogP contribution in [0.15, 0.2) is 42.6 Å². The molecule has 20 heavy (non-hydrogen) atoms. The number of nitro groups is 1. The van der Waals surface area contributed by atoms with Crippen molar-refractivity contribution in [1.82, 2.24) is 4.98 Å². The smallest absolute Gasteiger partial charge is 0.337 e. The highest BCUT2D eigenvalue weighted by molar-refractivity contribution is 5.89. The van der Waals surface area contributed by atoms with Gasteiger partial charge in [0.2, 0.25) is 0 Å². The van der Waals surface area contributed by atoms with Gasteiger partial charge in [0.1, 0.15) is 5.75 Å². The van der Waals surface area contributed by atoms with E-state index in [1.165, 1.54) is 31.5 Å². The molecule has 2 aromatic rings. The number of ether oxygens (including phenoxy) is 2. The van der Waals surface area contributed by atoms with Crippen molar-refractivity contribution < 1.29 is 19.2 Å². The molecule has 1 aromatic heterocycles. The number of benzene rings is 1. The predicted octanol–water partition coefficient (Wildman–Crippen LogP) is 2.57. The maximum atomic E-state index is 11.4. The fourth-order valence-corrected chi connectivity index (χ4v) is 1.52. The van der Waals surface area contributed by atoms with Crippen molar-refractivity contribution in [3.8, 4) is 11.6 Å². The van der Waals surface area contributed by atoms with Crippen LogP contribution >= 0.6 is 0 Å².